The molecule has 1 aliphatic rings. The second kappa shape index (κ2) is 11.3. The molecule has 1 aliphatic heterocycles. The summed E-state index contributed by atoms with van der Waals surface area (Å²) in [6, 6.07) is 8.74. The first kappa shape index (κ1) is 26.6. The predicted octanol–water partition coefficient (Wildman–Crippen LogP) is 2.57. The number of carbonyl (C=O) groups excluding carboxylic acids is 2. The molecule has 10 heteroatoms. The van der Waals surface area contributed by atoms with Crippen LogP contribution in [0, 0.1) is 19.7 Å². The van der Waals surface area contributed by atoms with E-state index < -0.39 is 0 Å². The van der Waals surface area contributed by atoms with E-state index >= 15 is 0 Å². The van der Waals surface area contributed by atoms with Gasteiger partial charge in [0.25, 0.3) is 5.91 Å². The first-order valence-corrected chi connectivity index (χ1v) is 12.6. The van der Waals surface area contributed by atoms with Gasteiger partial charge in [0.1, 0.15) is 12.4 Å². The van der Waals surface area contributed by atoms with E-state index in [9.17, 15) is 14.0 Å². The topological polar surface area (TPSA) is 85.7 Å². The van der Waals surface area contributed by atoms with Crippen LogP contribution in [0.15, 0.2) is 30.3 Å². The molecule has 0 unspecified atom stereocenters. The van der Waals surface area contributed by atoms with Gasteiger partial charge in [0.15, 0.2) is 0 Å². The van der Waals surface area contributed by atoms with Crippen LogP contribution in [-0.4, -0.2) is 76.3 Å². The summed E-state index contributed by atoms with van der Waals surface area (Å²) < 4.78 is 15.5. The number of aryl methyl sites for hydroxylation is 3. The van der Waals surface area contributed by atoms with E-state index in [2.05, 4.69) is 21.8 Å². The van der Waals surface area contributed by atoms with Crippen LogP contribution in [0.5, 0.6) is 0 Å². The molecular formula is C27H36FN7O2. The number of likely N-dealkylation sites (N-methyl/N-ethyl adjacent to an activating group) is 2. The lowest BCUT2D eigenvalue weighted by Gasteiger charge is -2.31. The van der Waals surface area contributed by atoms with Crippen molar-refractivity contribution in [2.24, 2.45) is 7.05 Å². The average Bonchev–Trinajstić information content (AvgIpc) is 3.41. The van der Waals surface area contributed by atoms with Gasteiger partial charge in [-0.3, -0.25) is 19.3 Å². The molecule has 2 heterocycles. The van der Waals surface area contributed by atoms with E-state index in [4.69, 9.17) is 0 Å². The summed E-state index contributed by atoms with van der Waals surface area (Å²) in [5.74, 6) is -0.641. The number of aromatic nitrogens is 2. The molecule has 9 nitrogen and oxygen atoms in total. The van der Waals surface area contributed by atoms with Crippen LogP contribution in [0.2, 0.25) is 0 Å². The van der Waals surface area contributed by atoms with Gasteiger partial charge >= 0.3 is 0 Å². The maximum atomic E-state index is 13.6. The van der Waals surface area contributed by atoms with Crippen molar-refractivity contribution in [3.8, 4) is 0 Å². The molecule has 4 rings (SSSR count). The van der Waals surface area contributed by atoms with Gasteiger partial charge in [0, 0.05) is 57.0 Å². The Morgan fingerprint density at radius 1 is 1.11 bits per heavy atom. The number of rotatable bonds is 10. The highest BCUT2D eigenvalue weighted by Crippen LogP contribution is 2.26. The van der Waals surface area contributed by atoms with Crippen LogP contribution in [0.25, 0.3) is 10.9 Å². The quantitative estimate of drug-likeness (QED) is 0.409. The molecule has 2 N–H and O–H groups in total. The standard InChI is InChI=1S/C27H36FN7O2/c1-6-29-9-10-34(17-27(37)33(5)35-15-20-7-8-22(28)12-21(20)16-35)26(36)14-30-24-13-25-23(11-18(24)2)19(3)32(4)31-25/h7-8,11-13,29-30H,6,9-10,14-17H2,1-5H3. The number of benzene rings is 2. The zero-order chi connectivity index (χ0) is 26.7. The summed E-state index contributed by atoms with van der Waals surface area (Å²) in [6.45, 7) is 8.81. The van der Waals surface area contributed by atoms with Crippen molar-refractivity contribution in [1.29, 1.82) is 0 Å². The fourth-order valence-corrected chi connectivity index (χ4v) is 4.62. The van der Waals surface area contributed by atoms with Crippen molar-refractivity contribution in [3.63, 3.8) is 0 Å². The Labute approximate surface area is 217 Å². The minimum absolute atomic E-state index is 0.0406. The van der Waals surface area contributed by atoms with Gasteiger partial charge in [0.2, 0.25) is 5.91 Å². The number of nitrogens with one attached hydrogen (secondary N) is 2. The number of hydrogen-bond acceptors (Lipinski definition) is 6. The summed E-state index contributed by atoms with van der Waals surface area (Å²) in [4.78, 5) is 28.0. The number of hydrogen-bond donors (Lipinski definition) is 2. The third-order valence-electron chi connectivity index (χ3n) is 7.05. The lowest BCUT2D eigenvalue weighted by atomic mass is 10.1. The number of nitrogens with zero attached hydrogens (tertiary/aromatic N) is 5. The van der Waals surface area contributed by atoms with Gasteiger partial charge in [-0.1, -0.05) is 13.0 Å². The molecule has 0 radical (unpaired) electrons. The molecule has 0 aliphatic carbocycles. The normalized spacial score (nSPS) is 13.1. The highest BCUT2D eigenvalue weighted by Gasteiger charge is 2.27. The van der Waals surface area contributed by atoms with E-state index in [0.29, 0.717) is 26.2 Å². The summed E-state index contributed by atoms with van der Waals surface area (Å²) in [5.41, 5.74) is 5.70. The van der Waals surface area contributed by atoms with Gasteiger partial charge < -0.3 is 15.5 Å². The molecule has 1 aromatic heterocycles. The molecule has 0 saturated carbocycles. The Balaban J connectivity index is 1.40. The van der Waals surface area contributed by atoms with Gasteiger partial charge in [0.05, 0.1) is 12.1 Å². The minimum Gasteiger partial charge on any atom is -0.376 e. The molecule has 0 spiro atoms. The highest BCUT2D eigenvalue weighted by atomic mass is 19.1. The fraction of sp³-hybridized carbons (Fsp3) is 0.444. The van der Waals surface area contributed by atoms with Crippen molar-refractivity contribution in [3.05, 3.63) is 58.5 Å². The van der Waals surface area contributed by atoms with Gasteiger partial charge in [-0.15, -0.1) is 0 Å². The number of halogens is 1. The number of carbonyl (C=O) groups is 2. The molecule has 2 amide bonds. The zero-order valence-electron chi connectivity index (χ0n) is 22.3. The van der Waals surface area contributed by atoms with Gasteiger partial charge in [-0.25, -0.2) is 9.40 Å². The molecule has 0 bridgehead atoms. The van der Waals surface area contributed by atoms with Gasteiger partial charge in [-0.05, 0) is 61.3 Å². The van der Waals surface area contributed by atoms with Crippen molar-refractivity contribution in [2.45, 2.75) is 33.9 Å². The lowest BCUT2D eigenvalue weighted by Crippen LogP contribution is -2.49. The number of amides is 2. The molecule has 0 atom stereocenters. The van der Waals surface area contributed by atoms with E-state index in [-0.39, 0.29) is 30.7 Å². The zero-order valence-corrected chi connectivity index (χ0v) is 22.3. The predicted molar refractivity (Wildman–Crippen MR) is 142 cm³/mol. The highest BCUT2D eigenvalue weighted by molar-refractivity contribution is 5.89. The third kappa shape index (κ3) is 5.91. The van der Waals surface area contributed by atoms with Crippen molar-refractivity contribution in [1.82, 2.24) is 30.0 Å². The molecule has 37 heavy (non-hydrogen) atoms. The Hall–Kier alpha value is -3.50. The molecule has 0 fully saturated rings. The molecule has 3 aromatic rings. The molecule has 2 aromatic carbocycles. The van der Waals surface area contributed by atoms with E-state index in [1.807, 2.05) is 43.6 Å². The van der Waals surface area contributed by atoms with E-state index in [1.165, 1.54) is 12.1 Å². The van der Waals surface area contributed by atoms with Crippen LogP contribution in [0.1, 0.15) is 29.3 Å². The first-order valence-electron chi connectivity index (χ1n) is 12.6. The van der Waals surface area contributed by atoms with Gasteiger partial charge in [-0.2, -0.15) is 5.10 Å². The van der Waals surface area contributed by atoms with Crippen molar-refractivity contribution < 1.29 is 14.0 Å². The molecular weight excluding hydrogens is 473 g/mol. The molecule has 0 saturated heterocycles. The van der Waals surface area contributed by atoms with Crippen LogP contribution in [-0.2, 0) is 29.7 Å². The summed E-state index contributed by atoms with van der Waals surface area (Å²) in [6.07, 6.45) is 0. The van der Waals surface area contributed by atoms with Crippen LogP contribution in [0.3, 0.4) is 0 Å². The number of hydrazine groups is 1. The Morgan fingerprint density at radius 3 is 2.62 bits per heavy atom. The maximum Gasteiger partial charge on any atom is 0.256 e. The largest absolute Gasteiger partial charge is 0.376 e. The van der Waals surface area contributed by atoms with Crippen molar-refractivity contribution >= 4 is 28.4 Å². The van der Waals surface area contributed by atoms with Crippen LogP contribution < -0.4 is 10.6 Å². The second-order valence-corrected chi connectivity index (χ2v) is 9.57. The Kier molecular flexibility index (Phi) is 8.09. The summed E-state index contributed by atoms with van der Waals surface area (Å²) >= 11 is 0. The monoisotopic (exact) mass is 509 g/mol. The number of anilines is 1. The lowest BCUT2D eigenvalue weighted by molar-refractivity contribution is -0.151. The smallest absolute Gasteiger partial charge is 0.256 e. The summed E-state index contributed by atoms with van der Waals surface area (Å²) in [7, 11) is 3.61. The van der Waals surface area contributed by atoms with E-state index in [1.54, 1.807) is 23.0 Å². The minimum atomic E-state index is -0.283. The summed E-state index contributed by atoms with van der Waals surface area (Å²) in [5, 5.41) is 15.5. The second-order valence-electron chi connectivity index (χ2n) is 9.57. The third-order valence-corrected chi connectivity index (χ3v) is 7.05. The SMILES string of the molecule is CCNCCN(CC(=O)N(C)N1Cc2ccc(F)cc2C1)C(=O)CNc1cc2nn(C)c(C)c2cc1C. The van der Waals surface area contributed by atoms with Crippen LogP contribution in [0.4, 0.5) is 10.1 Å². The Morgan fingerprint density at radius 2 is 1.86 bits per heavy atom. The average molecular weight is 510 g/mol. The Bertz CT molecular complexity index is 1310. The van der Waals surface area contributed by atoms with Crippen LogP contribution >= 0.6 is 0 Å². The number of fused-ring (bicyclic) bond motifs is 2. The maximum absolute atomic E-state index is 13.6. The fourth-order valence-electron chi connectivity index (χ4n) is 4.62. The van der Waals surface area contributed by atoms with E-state index in [0.717, 1.165) is 45.5 Å². The van der Waals surface area contributed by atoms with Crippen molar-refractivity contribution in [2.75, 3.05) is 45.1 Å². The first-order chi connectivity index (χ1) is 17.7. The molecule has 198 valence electrons.